The second-order valence-corrected chi connectivity index (χ2v) is 10.1. The van der Waals surface area contributed by atoms with Crippen molar-refractivity contribution in [1.82, 2.24) is 4.57 Å². The minimum atomic E-state index is -3.86. The van der Waals surface area contributed by atoms with Crippen LogP contribution in [0.4, 0.5) is 11.4 Å². The number of ether oxygens (including phenoxy) is 1. The molecule has 0 saturated heterocycles. The van der Waals surface area contributed by atoms with E-state index in [0.717, 1.165) is 4.88 Å². The number of sulfonamides is 1. The van der Waals surface area contributed by atoms with Crippen LogP contribution in [0.15, 0.2) is 83.2 Å². The van der Waals surface area contributed by atoms with E-state index in [2.05, 4.69) is 10.0 Å². The Bertz CT molecular complexity index is 1360. The van der Waals surface area contributed by atoms with Crippen LogP contribution in [-0.2, 0) is 16.6 Å². The van der Waals surface area contributed by atoms with E-state index in [-0.39, 0.29) is 10.8 Å². The molecule has 0 aliphatic rings. The van der Waals surface area contributed by atoms with Crippen molar-refractivity contribution in [3.63, 3.8) is 0 Å². The van der Waals surface area contributed by atoms with Crippen LogP contribution in [0.5, 0.6) is 5.75 Å². The van der Waals surface area contributed by atoms with Gasteiger partial charge in [-0.25, -0.2) is 8.42 Å². The molecule has 170 valence electrons. The van der Waals surface area contributed by atoms with Gasteiger partial charge in [-0.2, -0.15) is 0 Å². The normalized spacial score (nSPS) is 11.2. The maximum atomic E-state index is 13.0. The molecule has 0 aliphatic heterocycles. The molecule has 33 heavy (non-hydrogen) atoms. The number of aryl methyl sites for hydroxylation is 1. The molecule has 2 N–H and O–H groups in total. The molecule has 0 saturated carbocycles. The van der Waals surface area contributed by atoms with Crippen LogP contribution in [0.3, 0.4) is 0 Å². The van der Waals surface area contributed by atoms with Crippen LogP contribution in [0.25, 0.3) is 0 Å². The van der Waals surface area contributed by atoms with Gasteiger partial charge in [-0.05, 0) is 72.5 Å². The summed E-state index contributed by atoms with van der Waals surface area (Å²) in [6, 6.07) is 18.9. The van der Waals surface area contributed by atoms with Gasteiger partial charge in [0.2, 0.25) is 0 Å². The largest absolute Gasteiger partial charge is 0.497 e. The van der Waals surface area contributed by atoms with Gasteiger partial charge in [0.1, 0.15) is 11.4 Å². The van der Waals surface area contributed by atoms with Crippen LogP contribution in [-0.4, -0.2) is 26.0 Å². The Labute approximate surface area is 196 Å². The number of nitrogens with zero attached hydrogens (tertiary/aromatic N) is 1. The molecular formula is C24H23N3O4S2. The number of carbonyl (C=O) groups excluding carboxylic acids is 1. The number of carbonyl (C=O) groups is 1. The number of hydrogen-bond donors (Lipinski definition) is 2. The van der Waals surface area contributed by atoms with E-state index < -0.39 is 10.0 Å². The zero-order chi connectivity index (χ0) is 23.4. The van der Waals surface area contributed by atoms with Crippen LogP contribution < -0.4 is 14.8 Å². The molecule has 2 aromatic heterocycles. The molecule has 0 unspecified atom stereocenters. The lowest BCUT2D eigenvalue weighted by molar-refractivity contribution is 0.101. The Morgan fingerprint density at radius 1 is 1.03 bits per heavy atom. The predicted octanol–water partition coefficient (Wildman–Crippen LogP) is 4.97. The molecule has 0 atom stereocenters. The number of methoxy groups -OCH3 is 1. The number of anilines is 2. The number of amides is 1. The third-order valence-electron chi connectivity index (χ3n) is 5.05. The number of nitrogens with one attached hydrogen (secondary N) is 2. The number of aromatic nitrogens is 1. The maximum Gasteiger partial charge on any atom is 0.272 e. The molecule has 0 fully saturated rings. The van der Waals surface area contributed by atoms with Crippen LogP contribution >= 0.6 is 11.3 Å². The highest BCUT2D eigenvalue weighted by Gasteiger charge is 2.19. The molecule has 2 heterocycles. The SMILES string of the molecule is COc1ccc(NS(=O)(=O)c2cc(NC(=O)c3cccn3Cc3cccs3)ccc2C)cc1. The number of thiophene rings is 1. The van der Waals surface area contributed by atoms with Gasteiger partial charge >= 0.3 is 0 Å². The van der Waals surface area contributed by atoms with Crippen molar-refractivity contribution in [2.45, 2.75) is 18.4 Å². The molecule has 0 bridgehead atoms. The standard InChI is InChI=1S/C24H23N3O4S2/c1-17-7-8-19(15-23(17)33(29,30)26-18-9-11-20(31-2)12-10-18)25-24(28)22-6-3-13-27(22)16-21-5-4-14-32-21/h3-15,26H,16H2,1-2H3,(H,25,28). The Morgan fingerprint density at radius 3 is 2.48 bits per heavy atom. The van der Waals surface area contributed by atoms with Crippen LogP contribution in [0.1, 0.15) is 20.9 Å². The van der Waals surface area contributed by atoms with Crippen molar-refractivity contribution >= 4 is 38.6 Å². The van der Waals surface area contributed by atoms with E-state index in [0.29, 0.717) is 34.9 Å². The first-order valence-electron chi connectivity index (χ1n) is 10.1. The second kappa shape index (κ2) is 9.51. The number of hydrogen-bond acceptors (Lipinski definition) is 5. The molecule has 7 nitrogen and oxygen atoms in total. The summed E-state index contributed by atoms with van der Waals surface area (Å²) in [5.41, 5.74) is 1.86. The molecule has 9 heteroatoms. The third-order valence-corrected chi connectivity index (χ3v) is 7.43. The van der Waals surface area contributed by atoms with Crippen molar-refractivity contribution in [3.8, 4) is 5.75 Å². The topological polar surface area (TPSA) is 89.4 Å². The first kappa shape index (κ1) is 22.6. The molecule has 0 radical (unpaired) electrons. The summed E-state index contributed by atoms with van der Waals surface area (Å²) in [6.45, 7) is 2.30. The Morgan fingerprint density at radius 2 is 1.79 bits per heavy atom. The zero-order valence-electron chi connectivity index (χ0n) is 18.1. The van der Waals surface area contributed by atoms with Gasteiger partial charge in [0, 0.05) is 22.4 Å². The molecule has 2 aromatic carbocycles. The lowest BCUT2D eigenvalue weighted by atomic mass is 10.2. The van der Waals surface area contributed by atoms with Gasteiger partial charge in [0.15, 0.2) is 0 Å². The van der Waals surface area contributed by atoms with Crippen molar-refractivity contribution in [2.24, 2.45) is 0 Å². The summed E-state index contributed by atoms with van der Waals surface area (Å²) in [4.78, 5) is 14.1. The summed E-state index contributed by atoms with van der Waals surface area (Å²) >= 11 is 1.62. The minimum absolute atomic E-state index is 0.0880. The summed E-state index contributed by atoms with van der Waals surface area (Å²) < 4.78 is 35.6. The van der Waals surface area contributed by atoms with Crippen molar-refractivity contribution in [3.05, 3.63) is 94.4 Å². The van der Waals surface area contributed by atoms with Gasteiger partial charge < -0.3 is 14.6 Å². The fraction of sp³-hybridized carbons (Fsp3) is 0.125. The van der Waals surface area contributed by atoms with Crippen LogP contribution in [0.2, 0.25) is 0 Å². The average Bonchev–Trinajstić information content (AvgIpc) is 3.48. The number of benzene rings is 2. The van der Waals surface area contributed by atoms with Gasteiger partial charge in [-0.15, -0.1) is 11.3 Å². The predicted molar refractivity (Wildman–Crippen MR) is 131 cm³/mol. The highest BCUT2D eigenvalue weighted by Crippen LogP contribution is 2.24. The van der Waals surface area contributed by atoms with E-state index in [4.69, 9.17) is 4.74 Å². The summed E-state index contributed by atoms with van der Waals surface area (Å²) in [5, 5.41) is 4.81. The van der Waals surface area contributed by atoms with Crippen LogP contribution in [0, 0.1) is 6.92 Å². The summed E-state index contributed by atoms with van der Waals surface area (Å²) in [7, 11) is -2.32. The van der Waals surface area contributed by atoms with E-state index in [1.165, 1.54) is 6.07 Å². The van der Waals surface area contributed by atoms with Gasteiger partial charge in [0.05, 0.1) is 18.6 Å². The smallest absolute Gasteiger partial charge is 0.272 e. The van der Waals surface area contributed by atoms with E-state index in [9.17, 15) is 13.2 Å². The zero-order valence-corrected chi connectivity index (χ0v) is 19.7. The molecule has 0 aliphatic carbocycles. The van der Waals surface area contributed by atoms with Gasteiger partial charge in [-0.3, -0.25) is 9.52 Å². The van der Waals surface area contributed by atoms with Crippen molar-refractivity contribution < 1.29 is 17.9 Å². The quantitative estimate of drug-likeness (QED) is 0.372. The van der Waals surface area contributed by atoms with E-state index in [1.807, 2.05) is 34.3 Å². The summed E-state index contributed by atoms with van der Waals surface area (Å²) in [6.07, 6.45) is 1.85. The van der Waals surface area contributed by atoms with Crippen molar-refractivity contribution in [1.29, 1.82) is 0 Å². The molecule has 4 rings (SSSR count). The average molecular weight is 482 g/mol. The maximum absolute atomic E-state index is 13.0. The van der Waals surface area contributed by atoms with E-state index in [1.54, 1.807) is 67.8 Å². The lowest BCUT2D eigenvalue weighted by Gasteiger charge is -2.14. The Kier molecular flexibility index (Phi) is 6.52. The lowest BCUT2D eigenvalue weighted by Crippen LogP contribution is -2.18. The monoisotopic (exact) mass is 481 g/mol. The van der Waals surface area contributed by atoms with Crippen molar-refractivity contribution in [2.75, 3.05) is 17.1 Å². The number of rotatable bonds is 8. The fourth-order valence-corrected chi connectivity index (χ4v) is 5.39. The molecule has 4 aromatic rings. The minimum Gasteiger partial charge on any atom is -0.497 e. The van der Waals surface area contributed by atoms with Gasteiger partial charge in [-0.1, -0.05) is 12.1 Å². The fourth-order valence-electron chi connectivity index (χ4n) is 3.36. The van der Waals surface area contributed by atoms with Gasteiger partial charge in [0.25, 0.3) is 15.9 Å². The molecule has 0 spiro atoms. The summed E-state index contributed by atoms with van der Waals surface area (Å²) in [5.74, 6) is 0.314. The molecule has 1 amide bonds. The third kappa shape index (κ3) is 5.27. The highest BCUT2D eigenvalue weighted by molar-refractivity contribution is 7.92. The second-order valence-electron chi connectivity index (χ2n) is 7.37. The Hall–Kier alpha value is -3.56. The van der Waals surface area contributed by atoms with E-state index >= 15 is 0 Å². The molecular weight excluding hydrogens is 458 g/mol. The highest BCUT2D eigenvalue weighted by atomic mass is 32.2. The first-order valence-corrected chi connectivity index (χ1v) is 12.5. The Balaban J connectivity index is 1.53. The first-order chi connectivity index (χ1) is 15.9.